The number of aromatic nitrogens is 4. The van der Waals surface area contributed by atoms with Gasteiger partial charge in [0.05, 0.1) is 11.4 Å². The second-order valence-electron chi connectivity index (χ2n) is 4.45. The van der Waals surface area contributed by atoms with Crippen LogP contribution < -0.4 is 0 Å². The highest BCUT2D eigenvalue weighted by Gasteiger charge is 2.13. The lowest BCUT2D eigenvalue weighted by molar-refractivity contribution is -0.137. The van der Waals surface area contributed by atoms with Crippen LogP contribution in [0.1, 0.15) is 0 Å². The van der Waals surface area contributed by atoms with E-state index in [-0.39, 0.29) is 6.54 Å². The van der Waals surface area contributed by atoms with Crippen LogP contribution in [0.15, 0.2) is 55.1 Å². The van der Waals surface area contributed by atoms with Gasteiger partial charge >= 0.3 is 5.97 Å². The number of carbonyl (C=O) groups is 1. The minimum Gasteiger partial charge on any atom is -0.480 e. The van der Waals surface area contributed by atoms with E-state index in [0.717, 1.165) is 11.1 Å². The molecule has 6 heteroatoms. The summed E-state index contributed by atoms with van der Waals surface area (Å²) in [6.45, 7) is -0.204. The van der Waals surface area contributed by atoms with Crippen LogP contribution in [0.4, 0.5) is 0 Å². The zero-order chi connectivity index (χ0) is 14.7. The zero-order valence-electron chi connectivity index (χ0n) is 11.0. The second kappa shape index (κ2) is 5.54. The van der Waals surface area contributed by atoms with Crippen LogP contribution in [-0.4, -0.2) is 30.8 Å². The molecule has 0 aromatic carbocycles. The van der Waals surface area contributed by atoms with Crippen LogP contribution in [0.3, 0.4) is 0 Å². The van der Waals surface area contributed by atoms with E-state index in [1.54, 1.807) is 30.9 Å². The van der Waals surface area contributed by atoms with Gasteiger partial charge in [0.15, 0.2) is 0 Å². The van der Waals surface area contributed by atoms with E-state index in [1.807, 2.05) is 24.3 Å². The first-order valence-electron chi connectivity index (χ1n) is 6.34. The molecule has 21 heavy (non-hydrogen) atoms. The number of hydrogen-bond donors (Lipinski definition) is 1. The molecule has 0 bridgehead atoms. The zero-order valence-corrected chi connectivity index (χ0v) is 11.0. The molecule has 0 saturated carbocycles. The summed E-state index contributed by atoms with van der Waals surface area (Å²) < 4.78 is 1.46. The SMILES string of the molecule is O=C(O)Cn1nc(-c2cccnc2)cc1-c1cccnc1. The number of nitrogens with zero attached hydrogens (tertiary/aromatic N) is 4. The van der Waals surface area contributed by atoms with Gasteiger partial charge in [-0.25, -0.2) is 0 Å². The molecule has 0 unspecified atom stereocenters. The Kier molecular flexibility index (Phi) is 3.42. The molecule has 104 valence electrons. The molecule has 3 aromatic heterocycles. The average Bonchev–Trinajstić information content (AvgIpc) is 2.92. The fourth-order valence-electron chi connectivity index (χ4n) is 2.07. The smallest absolute Gasteiger partial charge is 0.325 e. The van der Waals surface area contributed by atoms with Crippen molar-refractivity contribution in [1.29, 1.82) is 0 Å². The maximum absolute atomic E-state index is 11.0. The summed E-state index contributed by atoms with van der Waals surface area (Å²) in [5.41, 5.74) is 3.06. The number of carboxylic acids is 1. The van der Waals surface area contributed by atoms with Crippen molar-refractivity contribution in [3.63, 3.8) is 0 Å². The summed E-state index contributed by atoms with van der Waals surface area (Å²) >= 11 is 0. The summed E-state index contributed by atoms with van der Waals surface area (Å²) in [5, 5.41) is 13.4. The van der Waals surface area contributed by atoms with E-state index in [0.29, 0.717) is 11.4 Å². The minimum atomic E-state index is -0.944. The van der Waals surface area contributed by atoms with Crippen molar-refractivity contribution >= 4 is 5.97 Å². The molecule has 0 aliphatic carbocycles. The third-order valence-corrected chi connectivity index (χ3v) is 2.98. The topological polar surface area (TPSA) is 80.9 Å². The number of pyridine rings is 2. The number of rotatable bonds is 4. The molecule has 0 radical (unpaired) electrons. The summed E-state index contributed by atoms with van der Waals surface area (Å²) in [6.07, 6.45) is 6.73. The Morgan fingerprint density at radius 2 is 1.76 bits per heavy atom. The van der Waals surface area contributed by atoms with Crippen LogP contribution in [-0.2, 0) is 11.3 Å². The Morgan fingerprint density at radius 1 is 1.10 bits per heavy atom. The molecule has 0 aliphatic heterocycles. The maximum atomic E-state index is 11.0. The molecular weight excluding hydrogens is 268 g/mol. The van der Waals surface area contributed by atoms with Crippen molar-refractivity contribution in [2.75, 3.05) is 0 Å². The van der Waals surface area contributed by atoms with Crippen LogP contribution in [0.2, 0.25) is 0 Å². The van der Waals surface area contributed by atoms with Crippen molar-refractivity contribution in [2.45, 2.75) is 6.54 Å². The quantitative estimate of drug-likeness (QED) is 0.791. The molecule has 1 N–H and O–H groups in total. The largest absolute Gasteiger partial charge is 0.480 e. The highest BCUT2D eigenvalue weighted by Crippen LogP contribution is 2.25. The predicted octanol–water partition coefficient (Wildman–Crippen LogP) is 2.09. The molecule has 3 heterocycles. The Morgan fingerprint density at radius 3 is 2.33 bits per heavy atom. The summed E-state index contributed by atoms with van der Waals surface area (Å²) in [4.78, 5) is 19.1. The third-order valence-electron chi connectivity index (χ3n) is 2.98. The van der Waals surface area contributed by atoms with E-state index >= 15 is 0 Å². The predicted molar refractivity (Wildman–Crippen MR) is 76.3 cm³/mol. The van der Waals surface area contributed by atoms with Gasteiger partial charge < -0.3 is 5.11 Å². The van der Waals surface area contributed by atoms with E-state index in [2.05, 4.69) is 15.1 Å². The lowest BCUT2D eigenvalue weighted by atomic mass is 10.1. The summed E-state index contributed by atoms with van der Waals surface area (Å²) in [7, 11) is 0. The number of hydrogen-bond acceptors (Lipinski definition) is 4. The highest BCUT2D eigenvalue weighted by molar-refractivity contribution is 5.71. The van der Waals surface area contributed by atoms with Crippen LogP contribution in [0.25, 0.3) is 22.5 Å². The van der Waals surface area contributed by atoms with Crippen molar-refractivity contribution in [1.82, 2.24) is 19.7 Å². The van der Waals surface area contributed by atoms with Gasteiger partial charge in [-0.15, -0.1) is 0 Å². The second-order valence-corrected chi connectivity index (χ2v) is 4.45. The first-order valence-corrected chi connectivity index (χ1v) is 6.34. The first kappa shape index (κ1) is 13.0. The van der Waals surface area contributed by atoms with Crippen LogP contribution >= 0.6 is 0 Å². The van der Waals surface area contributed by atoms with E-state index in [4.69, 9.17) is 5.11 Å². The van der Waals surface area contributed by atoms with E-state index in [9.17, 15) is 4.79 Å². The van der Waals surface area contributed by atoms with E-state index in [1.165, 1.54) is 4.68 Å². The molecule has 0 fully saturated rings. The van der Waals surface area contributed by atoms with Gasteiger partial charge in [0.2, 0.25) is 0 Å². The standard InChI is InChI=1S/C15H12N4O2/c20-15(21)10-19-14(12-4-2-6-17-9-12)7-13(18-19)11-3-1-5-16-8-11/h1-9H,10H2,(H,20,21). The lowest BCUT2D eigenvalue weighted by Crippen LogP contribution is -2.11. The van der Waals surface area contributed by atoms with Gasteiger partial charge in [0.25, 0.3) is 0 Å². The third kappa shape index (κ3) is 2.79. The van der Waals surface area contributed by atoms with Gasteiger partial charge in [0, 0.05) is 35.9 Å². The Balaban J connectivity index is 2.10. The van der Waals surface area contributed by atoms with Gasteiger partial charge in [-0.05, 0) is 30.3 Å². The number of aliphatic carboxylic acids is 1. The van der Waals surface area contributed by atoms with Crippen molar-refractivity contribution in [3.8, 4) is 22.5 Å². The van der Waals surface area contributed by atoms with E-state index < -0.39 is 5.97 Å². The molecule has 3 rings (SSSR count). The Hall–Kier alpha value is -3.02. The van der Waals surface area contributed by atoms with Crippen molar-refractivity contribution in [2.24, 2.45) is 0 Å². The van der Waals surface area contributed by atoms with Gasteiger partial charge in [-0.1, -0.05) is 0 Å². The molecule has 0 saturated heterocycles. The minimum absolute atomic E-state index is 0.204. The average molecular weight is 280 g/mol. The molecule has 0 aliphatic rings. The molecule has 3 aromatic rings. The van der Waals surface area contributed by atoms with Gasteiger partial charge in [-0.3, -0.25) is 19.4 Å². The highest BCUT2D eigenvalue weighted by atomic mass is 16.4. The lowest BCUT2D eigenvalue weighted by Gasteiger charge is -2.03. The van der Waals surface area contributed by atoms with Gasteiger partial charge in [0.1, 0.15) is 6.54 Å². The summed E-state index contributed by atoms with van der Waals surface area (Å²) in [6, 6.07) is 9.21. The summed E-state index contributed by atoms with van der Waals surface area (Å²) in [5.74, 6) is -0.944. The maximum Gasteiger partial charge on any atom is 0.325 e. The van der Waals surface area contributed by atoms with Crippen molar-refractivity contribution < 1.29 is 9.90 Å². The normalized spacial score (nSPS) is 10.5. The fraction of sp³-hybridized carbons (Fsp3) is 0.0667. The first-order chi connectivity index (χ1) is 10.2. The Labute approximate surface area is 120 Å². The molecule has 0 amide bonds. The molecule has 0 atom stereocenters. The van der Waals surface area contributed by atoms with Crippen molar-refractivity contribution in [3.05, 3.63) is 55.1 Å². The van der Waals surface area contributed by atoms with Gasteiger partial charge in [-0.2, -0.15) is 5.10 Å². The molecule has 6 nitrogen and oxygen atoms in total. The molecule has 0 spiro atoms. The fourth-order valence-corrected chi connectivity index (χ4v) is 2.07. The number of carboxylic acid groups (broad SMARTS) is 1. The Bertz CT molecular complexity index is 754. The molecular formula is C15H12N4O2. The monoisotopic (exact) mass is 280 g/mol. The van der Waals surface area contributed by atoms with Crippen LogP contribution in [0, 0.1) is 0 Å². The van der Waals surface area contributed by atoms with Crippen LogP contribution in [0.5, 0.6) is 0 Å².